The zero-order valence-corrected chi connectivity index (χ0v) is 11.6. The van der Waals surface area contributed by atoms with Crippen LogP contribution >= 0.6 is 0 Å². The van der Waals surface area contributed by atoms with Crippen LogP contribution < -0.4 is 0 Å². The number of ether oxygens (including phenoxy) is 1. The van der Waals surface area contributed by atoms with E-state index in [4.69, 9.17) is 4.74 Å². The Morgan fingerprint density at radius 2 is 2.42 bits per heavy atom. The number of aromatic amines is 1. The van der Waals surface area contributed by atoms with Gasteiger partial charge in [0, 0.05) is 52.2 Å². The standard InChI is InChI=1S/C13H22N4O2/c1-16-7-8-17(12(18)4-3-9-19-2)10-11(16)13-14-5-6-15-13/h5-6,11H,3-4,7-10H2,1-2H3,(H,14,15). The van der Waals surface area contributed by atoms with Crippen molar-refractivity contribution in [1.29, 1.82) is 0 Å². The van der Waals surface area contributed by atoms with Crippen LogP contribution in [0, 0.1) is 0 Å². The largest absolute Gasteiger partial charge is 0.385 e. The van der Waals surface area contributed by atoms with E-state index in [0.29, 0.717) is 19.6 Å². The predicted octanol–water partition coefficient (Wildman–Crippen LogP) is 0.651. The van der Waals surface area contributed by atoms with Crippen LogP contribution in [-0.4, -0.2) is 66.1 Å². The third-order valence-electron chi connectivity index (χ3n) is 3.57. The number of rotatable bonds is 5. The second-order valence-corrected chi connectivity index (χ2v) is 4.91. The van der Waals surface area contributed by atoms with Crippen molar-refractivity contribution in [2.24, 2.45) is 0 Å². The van der Waals surface area contributed by atoms with E-state index < -0.39 is 0 Å². The minimum Gasteiger partial charge on any atom is -0.385 e. The molecule has 19 heavy (non-hydrogen) atoms. The van der Waals surface area contributed by atoms with Crippen LogP contribution in [0.3, 0.4) is 0 Å². The zero-order valence-electron chi connectivity index (χ0n) is 11.6. The van der Waals surface area contributed by atoms with Gasteiger partial charge in [0.25, 0.3) is 0 Å². The van der Waals surface area contributed by atoms with Gasteiger partial charge in [-0.2, -0.15) is 0 Å². The maximum absolute atomic E-state index is 12.1. The van der Waals surface area contributed by atoms with E-state index in [9.17, 15) is 4.79 Å². The average Bonchev–Trinajstić information content (AvgIpc) is 2.93. The molecule has 1 aliphatic rings. The zero-order chi connectivity index (χ0) is 13.7. The summed E-state index contributed by atoms with van der Waals surface area (Å²) in [5, 5.41) is 0. The van der Waals surface area contributed by atoms with Crippen LogP contribution in [0.5, 0.6) is 0 Å². The third kappa shape index (κ3) is 3.54. The quantitative estimate of drug-likeness (QED) is 0.795. The fourth-order valence-corrected chi connectivity index (χ4v) is 2.38. The first kappa shape index (κ1) is 14.0. The fraction of sp³-hybridized carbons (Fsp3) is 0.692. The smallest absolute Gasteiger partial charge is 0.222 e. The Hall–Kier alpha value is -1.40. The van der Waals surface area contributed by atoms with Crippen molar-refractivity contribution in [3.05, 3.63) is 18.2 Å². The predicted molar refractivity (Wildman–Crippen MR) is 71.6 cm³/mol. The lowest BCUT2D eigenvalue weighted by atomic mass is 10.1. The van der Waals surface area contributed by atoms with Gasteiger partial charge >= 0.3 is 0 Å². The Kier molecular flexibility index (Phi) is 4.93. The van der Waals surface area contributed by atoms with Gasteiger partial charge in [-0.15, -0.1) is 0 Å². The molecule has 0 aromatic carbocycles. The van der Waals surface area contributed by atoms with Crippen molar-refractivity contribution >= 4 is 5.91 Å². The van der Waals surface area contributed by atoms with Crippen molar-refractivity contribution < 1.29 is 9.53 Å². The normalized spacial score (nSPS) is 20.7. The molecule has 0 radical (unpaired) electrons. The Balaban J connectivity index is 1.91. The summed E-state index contributed by atoms with van der Waals surface area (Å²) in [5.74, 6) is 1.14. The molecule has 1 unspecified atom stereocenters. The molecule has 2 rings (SSSR count). The average molecular weight is 266 g/mol. The number of piperazine rings is 1. The SMILES string of the molecule is COCCCC(=O)N1CCN(C)C(c2ncc[nH]2)C1. The van der Waals surface area contributed by atoms with Crippen molar-refractivity contribution in [2.75, 3.05) is 40.4 Å². The highest BCUT2D eigenvalue weighted by molar-refractivity contribution is 5.76. The molecule has 0 bridgehead atoms. The number of likely N-dealkylation sites (N-methyl/N-ethyl adjacent to an activating group) is 1. The minimum absolute atomic E-state index is 0.162. The van der Waals surface area contributed by atoms with Crippen molar-refractivity contribution in [3.8, 4) is 0 Å². The Labute approximate surface area is 113 Å². The number of amides is 1. The maximum Gasteiger partial charge on any atom is 0.222 e. The fourth-order valence-electron chi connectivity index (χ4n) is 2.38. The van der Waals surface area contributed by atoms with E-state index in [1.165, 1.54) is 0 Å². The molecule has 1 amide bonds. The van der Waals surface area contributed by atoms with Crippen LogP contribution in [0.25, 0.3) is 0 Å². The molecule has 106 valence electrons. The first-order chi connectivity index (χ1) is 9.22. The summed E-state index contributed by atoms with van der Waals surface area (Å²) < 4.78 is 4.98. The van der Waals surface area contributed by atoms with Gasteiger partial charge < -0.3 is 14.6 Å². The summed E-state index contributed by atoms with van der Waals surface area (Å²) in [6, 6.07) is 0.162. The molecule has 0 aliphatic carbocycles. The molecule has 1 fully saturated rings. The van der Waals surface area contributed by atoms with Gasteiger partial charge in [-0.05, 0) is 13.5 Å². The molecule has 0 spiro atoms. The number of hydrogen-bond donors (Lipinski definition) is 1. The number of imidazole rings is 1. The van der Waals surface area contributed by atoms with E-state index in [-0.39, 0.29) is 11.9 Å². The third-order valence-corrected chi connectivity index (χ3v) is 3.57. The summed E-state index contributed by atoms with van der Waals surface area (Å²) >= 11 is 0. The van der Waals surface area contributed by atoms with Gasteiger partial charge in [0.05, 0.1) is 6.04 Å². The van der Waals surface area contributed by atoms with E-state index in [1.54, 1.807) is 13.3 Å². The molecule has 2 heterocycles. The Morgan fingerprint density at radius 3 is 3.11 bits per heavy atom. The molecule has 1 saturated heterocycles. The highest BCUT2D eigenvalue weighted by Crippen LogP contribution is 2.21. The van der Waals surface area contributed by atoms with Crippen molar-refractivity contribution in [1.82, 2.24) is 19.8 Å². The molecule has 1 aliphatic heterocycles. The van der Waals surface area contributed by atoms with Gasteiger partial charge in [-0.1, -0.05) is 0 Å². The second kappa shape index (κ2) is 6.68. The molecule has 1 aromatic rings. The number of hydrogen-bond acceptors (Lipinski definition) is 4. The number of methoxy groups -OCH3 is 1. The van der Waals surface area contributed by atoms with Crippen LogP contribution in [0.1, 0.15) is 24.7 Å². The summed E-state index contributed by atoms with van der Waals surface area (Å²) in [5.41, 5.74) is 0. The number of carbonyl (C=O) groups is 1. The molecule has 6 nitrogen and oxygen atoms in total. The first-order valence-electron chi connectivity index (χ1n) is 6.68. The van der Waals surface area contributed by atoms with Crippen LogP contribution in [0.15, 0.2) is 12.4 Å². The maximum atomic E-state index is 12.1. The second-order valence-electron chi connectivity index (χ2n) is 4.91. The molecule has 1 atom stereocenters. The summed E-state index contributed by atoms with van der Waals surface area (Å²) in [4.78, 5) is 23.7. The number of H-pyrrole nitrogens is 1. The van der Waals surface area contributed by atoms with Crippen molar-refractivity contribution in [3.63, 3.8) is 0 Å². The van der Waals surface area contributed by atoms with Crippen LogP contribution in [-0.2, 0) is 9.53 Å². The van der Waals surface area contributed by atoms with E-state index in [1.807, 2.05) is 11.1 Å². The van der Waals surface area contributed by atoms with E-state index in [0.717, 1.165) is 25.3 Å². The van der Waals surface area contributed by atoms with E-state index in [2.05, 4.69) is 21.9 Å². The van der Waals surface area contributed by atoms with Gasteiger partial charge in [-0.25, -0.2) is 4.98 Å². The summed E-state index contributed by atoms with van der Waals surface area (Å²) in [6.07, 6.45) is 4.92. The van der Waals surface area contributed by atoms with Crippen molar-refractivity contribution in [2.45, 2.75) is 18.9 Å². The van der Waals surface area contributed by atoms with Crippen LogP contribution in [0.4, 0.5) is 0 Å². The monoisotopic (exact) mass is 266 g/mol. The molecule has 6 heteroatoms. The minimum atomic E-state index is 0.162. The summed E-state index contributed by atoms with van der Waals surface area (Å²) in [7, 11) is 3.73. The highest BCUT2D eigenvalue weighted by atomic mass is 16.5. The lowest BCUT2D eigenvalue weighted by molar-refractivity contribution is -0.134. The van der Waals surface area contributed by atoms with Gasteiger partial charge in [0.2, 0.25) is 5.91 Å². The Morgan fingerprint density at radius 1 is 1.58 bits per heavy atom. The molecule has 1 N–H and O–H groups in total. The lowest BCUT2D eigenvalue weighted by Gasteiger charge is -2.38. The van der Waals surface area contributed by atoms with Gasteiger partial charge in [-0.3, -0.25) is 9.69 Å². The van der Waals surface area contributed by atoms with E-state index >= 15 is 0 Å². The van der Waals surface area contributed by atoms with Crippen LogP contribution in [0.2, 0.25) is 0 Å². The molecule has 0 saturated carbocycles. The molecular formula is C13H22N4O2. The highest BCUT2D eigenvalue weighted by Gasteiger charge is 2.29. The van der Waals surface area contributed by atoms with Gasteiger partial charge in [0.1, 0.15) is 5.82 Å². The van der Waals surface area contributed by atoms with Gasteiger partial charge in [0.15, 0.2) is 0 Å². The first-order valence-corrected chi connectivity index (χ1v) is 6.68. The summed E-state index contributed by atoms with van der Waals surface area (Å²) in [6.45, 7) is 3.01. The molecule has 1 aromatic heterocycles. The Bertz CT molecular complexity index is 393. The number of aromatic nitrogens is 2. The number of nitrogens with one attached hydrogen (secondary N) is 1. The molecular weight excluding hydrogens is 244 g/mol. The topological polar surface area (TPSA) is 61.5 Å². The lowest BCUT2D eigenvalue weighted by Crippen LogP contribution is -2.49. The number of nitrogens with zero attached hydrogens (tertiary/aromatic N) is 3. The number of carbonyl (C=O) groups excluding carboxylic acids is 1.